The highest BCUT2D eigenvalue weighted by molar-refractivity contribution is 9.10. The maximum atomic E-state index is 12.1. The van der Waals surface area contributed by atoms with Crippen LogP contribution in [0.4, 0.5) is 5.13 Å². The van der Waals surface area contributed by atoms with Gasteiger partial charge in [0.2, 0.25) is 5.13 Å². The van der Waals surface area contributed by atoms with E-state index in [0.717, 1.165) is 38.5 Å². The molecule has 0 aliphatic heterocycles. The van der Waals surface area contributed by atoms with Crippen LogP contribution in [0.3, 0.4) is 0 Å². The van der Waals surface area contributed by atoms with Gasteiger partial charge in [-0.15, -0.1) is 10.2 Å². The largest absolute Gasteiger partial charge is 0.483 e. The second-order valence-electron chi connectivity index (χ2n) is 5.92. The van der Waals surface area contributed by atoms with E-state index >= 15 is 0 Å². The van der Waals surface area contributed by atoms with Crippen molar-refractivity contribution in [1.82, 2.24) is 10.2 Å². The maximum Gasteiger partial charge on any atom is 0.264 e. The minimum atomic E-state index is -0.264. The van der Waals surface area contributed by atoms with Gasteiger partial charge in [-0.05, 0) is 45.6 Å². The third kappa shape index (κ3) is 6.05. The van der Waals surface area contributed by atoms with Crippen molar-refractivity contribution < 1.29 is 9.53 Å². The van der Waals surface area contributed by atoms with Crippen LogP contribution in [0.25, 0.3) is 11.1 Å². The summed E-state index contributed by atoms with van der Waals surface area (Å²) in [5.74, 6) is 1.36. The first-order valence-electron chi connectivity index (χ1n) is 8.89. The lowest BCUT2D eigenvalue weighted by atomic mass is 10.1. The average molecular weight is 478 g/mol. The molecular weight excluding hydrogens is 458 g/mol. The molecule has 0 saturated heterocycles. The number of hydrogen-bond acceptors (Lipinski definition) is 6. The number of anilines is 1. The molecule has 0 aliphatic rings. The number of ether oxygens (including phenoxy) is 1. The Kier molecular flexibility index (Phi) is 7.88. The number of thioether (sulfide) groups is 1. The summed E-state index contributed by atoms with van der Waals surface area (Å²) in [6.45, 7) is 2.06. The summed E-state index contributed by atoms with van der Waals surface area (Å²) < 4.78 is 7.30. The molecule has 3 aromatic rings. The molecule has 0 saturated carbocycles. The van der Waals surface area contributed by atoms with Gasteiger partial charge in [0, 0.05) is 5.75 Å². The molecule has 0 radical (unpaired) electrons. The van der Waals surface area contributed by atoms with Crippen molar-refractivity contribution in [3.63, 3.8) is 0 Å². The number of unbranched alkanes of at least 4 members (excludes halogenated alkanes) is 1. The van der Waals surface area contributed by atoms with Crippen LogP contribution in [0, 0.1) is 0 Å². The molecule has 0 unspecified atom stereocenters. The number of aromatic nitrogens is 2. The SMILES string of the molecule is CCCCSc1nnc(NC(=O)COc2ccc(-c3ccccc3)cc2Br)s1. The Morgan fingerprint density at radius 3 is 2.75 bits per heavy atom. The summed E-state index contributed by atoms with van der Waals surface area (Å²) in [7, 11) is 0. The first kappa shape index (κ1) is 20.8. The highest BCUT2D eigenvalue weighted by atomic mass is 79.9. The summed E-state index contributed by atoms with van der Waals surface area (Å²) in [5, 5.41) is 11.3. The van der Waals surface area contributed by atoms with Crippen LogP contribution in [0.2, 0.25) is 0 Å². The fourth-order valence-corrected chi connectivity index (χ4v) is 4.76. The Morgan fingerprint density at radius 2 is 2.00 bits per heavy atom. The normalized spacial score (nSPS) is 10.6. The number of carbonyl (C=O) groups is 1. The van der Waals surface area contributed by atoms with E-state index in [0.29, 0.717) is 10.9 Å². The highest BCUT2D eigenvalue weighted by Gasteiger charge is 2.11. The van der Waals surface area contributed by atoms with E-state index < -0.39 is 0 Å². The predicted molar refractivity (Wildman–Crippen MR) is 119 cm³/mol. The lowest BCUT2D eigenvalue weighted by Crippen LogP contribution is -2.20. The molecule has 1 amide bonds. The molecule has 2 aromatic carbocycles. The van der Waals surface area contributed by atoms with Crippen LogP contribution < -0.4 is 10.1 Å². The van der Waals surface area contributed by atoms with Crippen LogP contribution in [0.15, 0.2) is 57.3 Å². The number of hydrogen-bond donors (Lipinski definition) is 1. The molecule has 3 rings (SSSR count). The van der Waals surface area contributed by atoms with Crippen LogP contribution in [-0.4, -0.2) is 28.5 Å². The topological polar surface area (TPSA) is 64.1 Å². The third-order valence-corrected chi connectivity index (χ3v) is 6.45. The van der Waals surface area contributed by atoms with E-state index in [1.54, 1.807) is 11.8 Å². The summed E-state index contributed by atoms with van der Waals surface area (Å²) in [4.78, 5) is 12.1. The molecule has 1 heterocycles. The molecule has 146 valence electrons. The monoisotopic (exact) mass is 477 g/mol. The zero-order chi connectivity index (χ0) is 19.8. The van der Waals surface area contributed by atoms with Crippen molar-refractivity contribution in [3.05, 3.63) is 53.0 Å². The summed E-state index contributed by atoms with van der Waals surface area (Å²) in [5.41, 5.74) is 2.20. The number of rotatable bonds is 9. The van der Waals surface area contributed by atoms with Crippen LogP contribution >= 0.6 is 39.0 Å². The number of halogens is 1. The smallest absolute Gasteiger partial charge is 0.264 e. The molecular formula is C20H20BrN3O2S2. The van der Waals surface area contributed by atoms with Crippen molar-refractivity contribution in [3.8, 4) is 16.9 Å². The molecule has 1 N–H and O–H groups in total. The van der Waals surface area contributed by atoms with Gasteiger partial charge in [0.15, 0.2) is 10.9 Å². The Labute approximate surface area is 181 Å². The number of amides is 1. The number of nitrogens with one attached hydrogen (secondary N) is 1. The van der Waals surface area contributed by atoms with Gasteiger partial charge >= 0.3 is 0 Å². The second kappa shape index (κ2) is 10.6. The van der Waals surface area contributed by atoms with Gasteiger partial charge in [-0.3, -0.25) is 10.1 Å². The number of benzene rings is 2. The quantitative estimate of drug-likeness (QED) is 0.237. The summed E-state index contributed by atoms with van der Waals surface area (Å²) in [6, 6.07) is 15.9. The summed E-state index contributed by atoms with van der Waals surface area (Å²) >= 11 is 6.56. The van der Waals surface area contributed by atoms with Gasteiger partial charge in [0.25, 0.3) is 5.91 Å². The van der Waals surface area contributed by atoms with E-state index in [1.807, 2.05) is 48.5 Å². The summed E-state index contributed by atoms with van der Waals surface area (Å²) in [6.07, 6.45) is 2.28. The van der Waals surface area contributed by atoms with Crippen molar-refractivity contribution in [2.45, 2.75) is 24.1 Å². The highest BCUT2D eigenvalue weighted by Crippen LogP contribution is 2.31. The maximum absolute atomic E-state index is 12.1. The molecule has 0 aliphatic carbocycles. The predicted octanol–water partition coefficient (Wildman–Crippen LogP) is 5.88. The first-order valence-corrected chi connectivity index (χ1v) is 11.5. The van der Waals surface area contributed by atoms with E-state index in [1.165, 1.54) is 11.3 Å². The van der Waals surface area contributed by atoms with Crippen molar-refractivity contribution >= 4 is 50.1 Å². The van der Waals surface area contributed by atoms with Gasteiger partial charge in [-0.1, -0.05) is 72.8 Å². The Balaban J connectivity index is 1.52. The van der Waals surface area contributed by atoms with E-state index in [-0.39, 0.29) is 12.5 Å². The molecule has 1 aromatic heterocycles. The minimum absolute atomic E-state index is 0.0961. The third-order valence-electron chi connectivity index (χ3n) is 3.77. The van der Waals surface area contributed by atoms with Crippen LogP contribution in [-0.2, 0) is 4.79 Å². The molecule has 0 bridgehead atoms. The van der Waals surface area contributed by atoms with Crippen LogP contribution in [0.1, 0.15) is 19.8 Å². The van der Waals surface area contributed by atoms with Crippen molar-refractivity contribution in [1.29, 1.82) is 0 Å². The van der Waals surface area contributed by atoms with Crippen molar-refractivity contribution in [2.75, 3.05) is 17.7 Å². The minimum Gasteiger partial charge on any atom is -0.483 e. The lowest BCUT2D eigenvalue weighted by molar-refractivity contribution is -0.118. The van der Waals surface area contributed by atoms with E-state index in [9.17, 15) is 4.79 Å². The lowest BCUT2D eigenvalue weighted by Gasteiger charge is -2.09. The molecule has 5 nitrogen and oxygen atoms in total. The Hall–Kier alpha value is -1.90. The fraction of sp³-hybridized carbons (Fsp3) is 0.250. The standard InChI is InChI=1S/C20H20BrN3O2S2/c1-2-3-11-27-20-24-23-19(28-20)22-18(25)13-26-17-10-9-15(12-16(17)21)14-7-5-4-6-8-14/h4-10,12H,2-3,11,13H2,1H3,(H,22,23,25). The Morgan fingerprint density at radius 1 is 1.18 bits per heavy atom. The van der Waals surface area contributed by atoms with Gasteiger partial charge in [-0.25, -0.2) is 0 Å². The number of nitrogens with zero attached hydrogens (tertiary/aromatic N) is 2. The number of carbonyl (C=O) groups excluding carboxylic acids is 1. The van der Waals surface area contributed by atoms with Gasteiger partial charge in [-0.2, -0.15) is 0 Å². The molecule has 0 fully saturated rings. The van der Waals surface area contributed by atoms with Gasteiger partial charge in [0.1, 0.15) is 5.75 Å². The van der Waals surface area contributed by atoms with E-state index in [4.69, 9.17) is 4.74 Å². The molecule has 28 heavy (non-hydrogen) atoms. The molecule has 0 atom stereocenters. The van der Waals surface area contributed by atoms with Crippen molar-refractivity contribution in [2.24, 2.45) is 0 Å². The van der Waals surface area contributed by atoms with Crippen LogP contribution in [0.5, 0.6) is 5.75 Å². The fourth-order valence-electron chi connectivity index (χ4n) is 2.35. The first-order chi connectivity index (χ1) is 13.7. The zero-order valence-electron chi connectivity index (χ0n) is 15.4. The second-order valence-corrected chi connectivity index (χ2v) is 9.10. The molecule has 0 spiro atoms. The Bertz CT molecular complexity index is 919. The van der Waals surface area contributed by atoms with Gasteiger partial charge < -0.3 is 4.74 Å². The van der Waals surface area contributed by atoms with E-state index in [2.05, 4.69) is 38.4 Å². The molecule has 8 heteroatoms. The average Bonchev–Trinajstić information content (AvgIpc) is 3.15. The zero-order valence-corrected chi connectivity index (χ0v) is 18.6. The van der Waals surface area contributed by atoms with Gasteiger partial charge in [0.05, 0.1) is 4.47 Å².